The number of hydrogen-bond acceptors (Lipinski definition) is 5. The summed E-state index contributed by atoms with van der Waals surface area (Å²) < 4.78 is 0. The fourth-order valence-electron chi connectivity index (χ4n) is 2.70. The molecule has 1 fully saturated rings. The van der Waals surface area contributed by atoms with Crippen LogP contribution < -0.4 is 5.32 Å². The van der Waals surface area contributed by atoms with Gasteiger partial charge in [0.1, 0.15) is 5.25 Å². The fraction of sp³-hybridized carbons (Fsp3) is 0.333. The molecule has 2 amide bonds. The third-order valence-corrected chi connectivity index (χ3v) is 4.66. The number of aryl methyl sites for hydroxylation is 1. The molecular weight excluding hydrogens is 268 g/mol. The molecular formula is C12H10N2O4S. The molecule has 7 heteroatoms. The average molecular weight is 278 g/mol. The number of carbonyl (C=O) groups excluding carboxylic acids is 2. The molecule has 3 rings (SSSR count). The van der Waals surface area contributed by atoms with E-state index >= 15 is 0 Å². The van der Waals surface area contributed by atoms with Gasteiger partial charge in [-0.1, -0.05) is 17.8 Å². The molecule has 0 radical (unpaired) electrons. The smallest absolute Gasteiger partial charge is 0.286 e. The average Bonchev–Trinajstić information content (AvgIpc) is 2.91. The molecule has 1 heterocycles. The maximum atomic E-state index is 11.7. The second-order valence-corrected chi connectivity index (χ2v) is 5.71. The lowest BCUT2D eigenvalue weighted by Crippen LogP contribution is -2.27. The summed E-state index contributed by atoms with van der Waals surface area (Å²) in [5, 5.41) is 12.3. The van der Waals surface area contributed by atoms with Crippen molar-refractivity contribution in [2.45, 2.75) is 24.0 Å². The van der Waals surface area contributed by atoms with Gasteiger partial charge in [0.25, 0.3) is 10.9 Å². The number of nitro groups is 1. The summed E-state index contributed by atoms with van der Waals surface area (Å²) in [6.07, 6.45) is 1.45. The first kappa shape index (κ1) is 12.2. The predicted molar refractivity (Wildman–Crippen MR) is 69.1 cm³/mol. The number of nitro benzene ring substituents is 1. The van der Waals surface area contributed by atoms with Crippen LogP contribution in [0.25, 0.3) is 0 Å². The van der Waals surface area contributed by atoms with E-state index in [4.69, 9.17) is 0 Å². The number of rotatable bonds is 2. The number of benzene rings is 1. The summed E-state index contributed by atoms with van der Waals surface area (Å²) in [7, 11) is 0. The van der Waals surface area contributed by atoms with Crippen molar-refractivity contribution < 1.29 is 14.5 Å². The van der Waals surface area contributed by atoms with Gasteiger partial charge >= 0.3 is 0 Å². The van der Waals surface area contributed by atoms with E-state index in [-0.39, 0.29) is 22.8 Å². The summed E-state index contributed by atoms with van der Waals surface area (Å²) in [5.74, 6) is -0.293. The normalized spacial score (nSPS) is 25.3. The molecule has 6 nitrogen and oxygen atoms in total. The van der Waals surface area contributed by atoms with E-state index in [0.29, 0.717) is 6.42 Å². The molecule has 1 aliphatic carbocycles. The van der Waals surface area contributed by atoms with Gasteiger partial charge in [-0.15, -0.1) is 0 Å². The van der Waals surface area contributed by atoms with Crippen LogP contribution in [0.4, 0.5) is 10.5 Å². The molecule has 1 aliphatic heterocycles. The Hall–Kier alpha value is -1.89. The largest absolute Gasteiger partial charge is 0.286 e. The standard InChI is InChI=1S/C12H10N2O4S/c15-11-10(19-12(16)13-11)9-3-1-6-5-7(14(17)18)2-4-8(6)9/h2,4-5,9-10H,1,3H2,(H,13,15,16). The number of thioether (sulfide) groups is 1. The molecule has 0 saturated carbocycles. The monoisotopic (exact) mass is 278 g/mol. The van der Waals surface area contributed by atoms with Crippen molar-refractivity contribution in [1.82, 2.24) is 5.32 Å². The van der Waals surface area contributed by atoms with Crippen LogP contribution in [0.5, 0.6) is 0 Å². The molecule has 1 aromatic carbocycles. The Labute approximate surface area is 112 Å². The summed E-state index contributed by atoms with van der Waals surface area (Å²) in [6, 6.07) is 4.73. The molecule has 0 bridgehead atoms. The van der Waals surface area contributed by atoms with E-state index < -0.39 is 10.2 Å². The second-order valence-electron chi connectivity index (χ2n) is 4.60. The Morgan fingerprint density at radius 2 is 2.16 bits per heavy atom. The van der Waals surface area contributed by atoms with Gasteiger partial charge in [-0.3, -0.25) is 25.0 Å². The summed E-state index contributed by atoms with van der Waals surface area (Å²) >= 11 is 1.01. The van der Waals surface area contributed by atoms with Crippen LogP contribution in [-0.4, -0.2) is 21.3 Å². The van der Waals surface area contributed by atoms with Gasteiger partial charge in [-0.05, 0) is 24.0 Å². The Kier molecular flexibility index (Phi) is 2.78. The molecule has 0 spiro atoms. The second kappa shape index (κ2) is 4.34. The maximum Gasteiger partial charge on any atom is 0.286 e. The third-order valence-electron chi connectivity index (χ3n) is 3.54. The highest BCUT2D eigenvalue weighted by Gasteiger charge is 2.41. The van der Waals surface area contributed by atoms with Gasteiger partial charge in [0.05, 0.1) is 4.92 Å². The van der Waals surface area contributed by atoms with Crippen molar-refractivity contribution in [2.24, 2.45) is 0 Å². The highest BCUT2D eigenvalue weighted by Crippen LogP contribution is 2.42. The van der Waals surface area contributed by atoms with E-state index in [1.54, 1.807) is 12.1 Å². The van der Waals surface area contributed by atoms with E-state index in [9.17, 15) is 19.7 Å². The number of fused-ring (bicyclic) bond motifs is 1. The zero-order chi connectivity index (χ0) is 13.6. The van der Waals surface area contributed by atoms with Gasteiger partial charge in [-0.25, -0.2) is 0 Å². The minimum atomic E-state index is -0.422. The van der Waals surface area contributed by atoms with E-state index in [2.05, 4.69) is 5.32 Å². The highest BCUT2D eigenvalue weighted by molar-refractivity contribution is 8.15. The highest BCUT2D eigenvalue weighted by atomic mass is 32.2. The first-order chi connectivity index (χ1) is 9.06. The third kappa shape index (κ3) is 1.99. The number of nitrogens with one attached hydrogen (secondary N) is 1. The van der Waals surface area contributed by atoms with Crippen LogP contribution in [-0.2, 0) is 11.2 Å². The van der Waals surface area contributed by atoms with E-state index in [1.807, 2.05) is 0 Å². The molecule has 98 valence electrons. The molecule has 1 N–H and O–H groups in total. The molecule has 19 heavy (non-hydrogen) atoms. The molecule has 1 saturated heterocycles. The number of imide groups is 1. The van der Waals surface area contributed by atoms with Crippen molar-refractivity contribution in [1.29, 1.82) is 0 Å². The van der Waals surface area contributed by atoms with Crippen LogP contribution in [0.15, 0.2) is 18.2 Å². The first-order valence-electron chi connectivity index (χ1n) is 5.85. The van der Waals surface area contributed by atoms with Gasteiger partial charge < -0.3 is 0 Å². The minimum absolute atomic E-state index is 0.0349. The van der Waals surface area contributed by atoms with E-state index in [1.165, 1.54) is 6.07 Å². The number of amides is 2. The Balaban J connectivity index is 1.92. The predicted octanol–water partition coefficient (Wildman–Crippen LogP) is 1.98. The number of carbonyl (C=O) groups is 2. The Morgan fingerprint density at radius 1 is 1.37 bits per heavy atom. The van der Waals surface area contributed by atoms with Crippen molar-refractivity contribution >= 4 is 28.6 Å². The van der Waals surface area contributed by atoms with Crippen LogP contribution in [0.3, 0.4) is 0 Å². The van der Waals surface area contributed by atoms with Gasteiger partial charge in [0.15, 0.2) is 0 Å². The van der Waals surface area contributed by atoms with Gasteiger partial charge in [0, 0.05) is 18.1 Å². The fourth-order valence-corrected chi connectivity index (χ4v) is 3.70. The molecule has 2 unspecified atom stereocenters. The van der Waals surface area contributed by atoms with Crippen molar-refractivity contribution in [3.05, 3.63) is 39.4 Å². The van der Waals surface area contributed by atoms with E-state index in [0.717, 1.165) is 29.3 Å². The van der Waals surface area contributed by atoms with Gasteiger partial charge in [0.2, 0.25) is 5.91 Å². The maximum absolute atomic E-state index is 11.7. The van der Waals surface area contributed by atoms with Gasteiger partial charge in [-0.2, -0.15) is 0 Å². The number of nitrogens with zero attached hydrogens (tertiary/aromatic N) is 1. The summed E-state index contributed by atoms with van der Waals surface area (Å²) in [6.45, 7) is 0. The molecule has 0 aromatic heterocycles. The molecule has 1 aromatic rings. The Bertz CT molecular complexity index is 601. The van der Waals surface area contributed by atoms with Crippen molar-refractivity contribution in [3.63, 3.8) is 0 Å². The van der Waals surface area contributed by atoms with Crippen LogP contribution >= 0.6 is 11.8 Å². The van der Waals surface area contributed by atoms with Crippen molar-refractivity contribution in [2.75, 3.05) is 0 Å². The van der Waals surface area contributed by atoms with Crippen LogP contribution in [0.1, 0.15) is 23.5 Å². The molecule has 2 atom stereocenters. The quantitative estimate of drug-likeness (QED) is 0.660. The topological polar surface area (TPSA) is 89.3 Å². The zero-order valence-electron chi connectivity index (χ0n) is 9.79. The summed E-state index contributed by atoms with van der Waals surface area (Å²) in [5.41, 5.74) is 1.93. The van der Waals surface area contributed by atoms with Crippen LogP contribution in [0.2, 0.25) is 0 Å². The minimum Gasteiger partial charge on any atom is -0.286 e. The zero-order valence-corrected chi connectivity index (χ0v) is 10.6. The lowest BCUT2D eigenvalue weighted by molar-refractivity contribution is -0.384. The number of non-ortho nitro benzene ring substituents is 1. The molecule has 2 aliphatic rings. The Morgan fingerprint density at radius 3 is 2.79 bits per heavy atom. The number of hydrogen-bond donors (Lipinski definition) is 1. The van der Waals surface area contributed by atoms with Crippen molar-refractivity contribution in [3.8, 4) is 0 Å². The SMILES string of the molecule is O=C1NC(=O)C(C2CCc3cc([N+](=O)[O-])ccc32)S1. The van der Waals surface area contributed by atoms with Crippen LogP contribution in [0, 0.1) is 10.1 Å². The summed E-state index contributed by atoms with van der Waals surface area (Å²) in [4.78, 5) is 33.2. The lowest BCUT2D eigenvalue weighted by atomic mass is 9.97. The lowest BCUT2D eigenvalue weighted by Gasteiger charge is -2.15. The first-order valence-corrected chi connectivity index (χ1v) is 6.73.